The van der Waals surface area contributed by atoms with Gasteiger partial charge in [0.05, 0.1) is 26.9 Å². The molecular weight excluding hydrogens is 1460 g/mol. The minimum absolute atomic E-state index is 0. The van der Waals surface area contributed by atoms with Crippen LogP contribution < -0.4 is 4.90 Å². The number of benzene rings is 3. The van der Waals surface area contributed by atoms with Crippen molar-refractivity contribution in [2.24, 2.45) is 10.8 Å². The molecule has 0 aliphatic carbocycles. The van der Waals surface area contributed by atoms with E-state index in [2.05, 4.69) is 165 Å². The highest BCUT2D eigenvalue weighted by Crippen LogP contribution is 2.49. The van der Waals surface area contributed by atoms with Crippen molar-refractivity contribution in [3.63, 3.8) is 0 Å². The van der Waals surface area contributed by atoms with E-state index in [1.54, 1.807) is 38.5 Å². The topological polar surface area (TPSA) is 228 Å². The van der Waals surface area contributed by atoms with Crippen LogP contribution in [0.1, 0.15) is 281 Å². The summed E-state index contributed by atoms with van der Waals surface area (Å²) >= 11 is 1.75. The number of thioether (sulfide) groups is 1. The zero-order chi connectivity index (χ0) is 75.1. The monoisotopic (exact) mass is 1640 g/mol. The Morgan fingerprint density at radius 2 is 0.604 bits per heavy atom. The Labute approximate surface area is 665 Å². The number of alkyl halides is 6. The minimum Gasteiger partial charge on any atom is -0.469 e. The molecule has 0 aliphatic rings. The fraction of sp³-hybridized carbons (Fsp3) is 0.700. The van der Waals surface area contributed by atoms with Gasteiger partial charge in [-0.1, -0.05) is 280 Å². The van der Waals surface area contributed by atoms with Crippen molar-refractivity contribution in [3.05, 3.63) is 102 Å². The van der Waals surface area contributed by atoms with E-state index in [-0.39, 0.29) is 168 Å². The lowest BCUT2D eigenvalue weighted by molar-refractivity contribution is -0.327. The minimum atomic E-state index is -5.24. The van der Waals surface area contributed by atoms with Crippen LogP contribution in [-0.2, 0) is 83.3 Å². The molecule has 3 aromatic rings. The number of rotatable bonds is 6. The Morgan fingerprint density at radius 3 is 0.670 bits per heavy atom. The van der Waals surface area contributed by atoms with Gasteiger partial charge in [-0.25, -0.2) is 8.42 Å². The van der Waals surface area contributed by atoms with E-state index in [9.17, 15) is 76.2 Å². The fourth-order valence-electron chi connectivity index (χ4n) is 3.32. The van der Waals surface area contributed by atoms with E-state index >= 15 is 0 Å². The van der Waals surface area contributed by atoms with Crippen LogP contribution in [0, 0.1) is 10.8 Å². The lowest BCUT2D eigenvalue weighted by Crippen LogP contribution is -2.44. The molecule has 0 aromatic heterocycles. The van der Waals surface area contributed by atoms with Gasteiger partial charge in [0.15, 0.2) is 5.41 Å². The first-order valence-corrected chi connectivity index (χ1v) is 35.1. The maximum absolute atomic E-state index is 11.6. The third kappa shape index (κ3) is 218. The highest BCUT2D eigenvalue weighted by atomic mass is 32.2. The van der Waals surface area contributed by atoms with Crippen molar-refractivity contribution in [1.29, 1.82) is 0 Å². The van der Waals surface area contributed by atoms with Crippen LogP contribution in [0.3, 0.4) is 0 Å². The standard InChI is InChI=1S/C15H16.C8H11N.C5H6F6.C5H8O2.C5H12.C4H6O3.C3H6O2.C3H6O.2C3H8.C2H6O3S.C2H6O2S.C2H6OS.C2H6O.C2H6S.16CH4/c1-15(2,13-9-5-3-6-10-13)14-11-7-4-8-12-14;1-9(2)8-6-4-3-5-7-8;1-3(2,4(6,7)8)5(9,10)11;1-4(6)3-5(2)7;1-5(2,3)4;1-3(5)7-4(2)6;1-3(4)5-2;1-3(2)4;2*1-3-2;1-5-6(2,3)4;1-5(2,3)4;1-4(2)3;2*1-3-2;;;;;;;;;;;;;;;;/h3-12H,1-2H3;3-7H,1-2H3;1-2H3;3H2,1-2H3;1-4H3;1-2H3;1-2H3;1-2H3;2*3H2,1-2H3;1-2H3;1-2H3;1-2H3;2*1-2H3;16*1H4. The van der Waals surface area contributed by atoms with Gasteiger partial charge in [0.2, 0.25) is 0 Å². The molecule has 0 saturated heterocycles. The van der Waals surface area contributed by atoms with Crippen molar-refractivity contribution < 1.29 is 94.5 Å². The van der Waals surface area contributed by atoms with E-state index in [1.807, 2.05) is 44.8 Å². The van der Waals surface area contributed by atoms with Crippen molar-refractivity contribution >= 4 is 83.5 Å². The van der Waals surface area contributed by atoms with Crippen LogP contribution in [0.2, 0.25) is 0 Å². The third-order valence-corrected chi connectivity index (χ3v) is 7.66. The molecule has 0 heterocycles. The second-order valence-electron chi connectivity index (χ2n) is 21.5. The number of esters is 3. The molecule has 0 amide bonds. The zero-order valence-electron chi connectivity index (χ0n) is 60.3. The Bertz CT molecular complexity index is 2280. The second-order valence-corrected chi connectivity index (χ2v) is 27.8. The van der Waals surface area contributed by atoms with E-state index in [1.165, 1.54) is 85.2 Å². The van der Waals surface area contributed by atoms with Gasteiger partial charge in [-0.3, -0.25) is 32.4 Å². The number of ether oxygens (including phenoxy) is 3. The average molecular weight is 1640 g/mol. The number of Topliss-reactive ketones (excluding diaryl/α,β-unsaturated/α-hetero) is 3. The predicted molar refractivity (Wildman–Crippen MR) is 474 cm³/mol. The average Bonchev–Trinajstić information content (AvgIpc) is 3.34. The molecule has 0 bridgehead atoms. The summed E-state index contributed by atoms with van der Waals surface area (Å²) in [5, 5.41) is 0. The summed E-state index contributed by atoms with van der Waals surface area (Å²) in [5.74, 6) is -1.33. The van der Waals surface area contributed by atoms with Gasteiger partial charge in [0.25, 0.3) is 10.1 Å². The molecule has 0 saturated carbocycles. The number of carbonyl (C=O) groups is 6. The van der Waals surface area contributed by atoms with Gasteiger partial charge in [-0.15, -0.1) is 0 Å². The molecule has 26 heteroatoms. The summed E-state index contributed by atoms with van der Waals surface area (Å²) < 4.78 is 134. The summed E-state index contributed by atoms with van der Waals surface area (Å²) in [6, 6.07) is 31.5. The Morgan fingerprint density at radius 1 is 0.453 bits per heavy atom. The van der Waals surface area contributed by atoms with Crippen molar-refractivity contribution in [2.45, 2.75) is 287 Å². The van der Waals surface area contributed by atoms with E-state index in [0.29, 0.717) is 5.41 Å². The van der Waals surface area contributed by atoms with Gasteiger partial charge in [-0.05, 0) is 82.7 Å². The first kappa shape index (κ1) is 190. The van der Waals surface area contributed by atoms with Gasteiger partial charge < -0.3 is 23.9 Å². The maximum atomic E-state index is 11.6. The van der Waals surface area contributed by atoms with Gasteiger partial charge in [0.1, 0.15) is 27.2 Å². The lowest BCUT2D eigenvalue weighted by Gasteiger charge is -2.29. The number of para-hydroxylation sites is 1. The number of hydrogen-bond donors (Lipinski definition) is 0. The van der Waals surface area contributed by atoms with Crippen molar-refractivity contribution in [3.8, 4) is 0 Å². The predicted octanol–water partition coefficient (Wildman–Crippen LogP) is 25.9. The first-order valence-electron chi connectivity index (χ1n) is 27.3. The van der Waals surface area contributed by atoms with Gasteiger partial charge >= 0.3 is 30.3 Å². The molecule has 3 rings (SSSR count). The van der Waals surface area contributed by atoms with Crippen LogP contribution in [0.5, 0.6) is 0 Å². The molecule has 16 nitrogen and oxygen atoms in total. The zero-order valence-corrected chi connectivity index (χ0v) is 63.5. The SMILES string of the molecule is C.C.C.C.C.C.C.C.C.C.C.C.C.C.C.C.CC(=O)CC(C)=O.CC(=O)OC(C)=O.CC(C)(C(F)(F)F)C(F)(F)F.CC(C)(C)C.CC(C)(c1ccccc1)c1ccccc1.CC(C)=O.CCC.CCC.CN(C)c1ccccc1.COC.COC(C)=O.COS(C)(=O)=O.CS(C)(=O)=O.CS(C)=O.CSC. The van der Waals surface area contributed by atoms with Gasteiger partial charge in [-0.2, -0.15) is 46.5 Å². The fourth-order valence-corrected chi connectivity index (χ4v) is 3.32. The number of ketones is 3. The Balaban J connectivity index is -0.0000000240. The van der Waals surface area contributed by atoms with E-state index in [0.717, 1.165) is 25.9 Å². The molecule has 0 unspecified atom stereocenters. The van der Waals surface area contributed by atoms with Crippen LogP contribution in [0.25, 0.3) is 0 Å². The number of methoxy groups -OCH3 is 2. The molecule has 106 heavy (non-hydrogen) atoms. The van der Waals surface area contributed by atoms with Crippen LogP contribution in [0.15, 0.2) is 91.0 Å². The highest BCUT2D eigenvalue weighted by molar-refractivity contribution is 7.97. The highest BCUT2D eigenvalue weighted by Gasteiger charge is 2.64. The van der Waals surface area contributed by atoms with Crippen LogP contribution >= 0.6 is 11.8 Å². The Hall–Kier alpha value is -5.02. The Kier molecular flexibility index (Phi) is 203. The summed E-state index contributed by atoms with van der Waals surface area (Å²) in [5.41, 5.74) is 0.924. The second kappa shape index (κ2) is 113. The van der Waals surface area contributed by atoms with Crippen molar-refractivity contribution in [2.75, 3.05) is 91.2 Å². The molecule has 0 fully saturated rings. The maximum Gasteiger partial charge on any atom is 0.402 e. The quantitative estimate of drug-likeness (QED) is 0.0967. The third-order valence-electron chi connectivity index (χ3n) is 7.06. The van der Waals surface area contributed by atoms with E-state index in [4.69, 9.17) is 0 Å². The molecular formula is C80H181F6NO15S4. The lowest BCUT2D eigenvalue weighted by atomic mass is 9.78. The molecule has 0 radical (unpaired) electrons. The van der Waals surface area contributed by atoms with Crippen LogP contribution in [0.4, 0.5) is 32.0 Å². The molecule has 0 aliphatic heterocycles. The van der Waals surface area contributed by atoms with Crippen molar-refractivity contribution in [1.82, 2.24) is 0 Å². The molecule has 662 valence electrons. The summed E-state index contributed by atoms with van der Waals surface area (Å²) in [7, 11) is 3.35. The largest absolute Gasteiger partial charge is 0.469 e. The number of anilines is 1. The molecule has 0 spiro atoms. The molecule has 3 aromatic carbocycles. The smallest absolute Gasteiger partial charge is 0.402 e. The number of halogens is 6. The van der Waals surface area contributed by atoms with Crippen LogP contribution in [-0.4, -0.2) is 155 Å². The normalized spacial score (nSPS) is 8.37. The number of hydrogen-bond acceptors (Lipinski definition) is 17. The van der Waals surface area contributed by atoms with E-state index < -0.39 is 60.5 Å². The number of nitrogens with zero attached hydrogens (tertiary/aromatic N) is 1. The molecule has 0 N–H and O–H groups in total. The van der Waals surface area contributed by atoms with Gasteiger partial charge in [0, 0.05) is 96.0 Å². The summed E-state index contributed by atoms with van der Waals surface area (Å²) in [6.07, 6.45) is 2.77. The first-order chi connectivity index (χ1) is 40.2. The number of carbonyl (C=O) groups excluding carboxylic acids is 6. The summed E-state index contributed by atoms with van der Waals surface area (Å²) in [4.78, 5) is 60.8. The molecule has 0 atom stereocenters. The summed E-state index contributed by atoms with van der Waals surface area (Å²) in [6.45, 7) is 31.6. The number of sulfone groups is 1.